The SMILES string of the molecule is CN(C)C(=O)c1c(-c2ccccc2)c2cc(Cl)ccc2n1CCN.Cl. The van der Waals surface area contributed by atoms with Gasteiger partial charge in [-0.25, -0.2) is 0 Å². The Hall–Kier alpha value is -2.01. The summed E-state index contributed by atoms with van der Waals surface area (Å²) >= 11 is 6.23. The van der Waals surface area contributed by atoms with Crippen molar-refractivity contribution in [1.29, 1.82) is 0 Å². The van der Waals surface area contributed by atoms with Gasteiger partial charge in [0.05, 0.1) is 0 Å². The Morgan fingerprint density at radius 1 is 1.16 bits per heavy atom. The minimum absolute atomic E-state index is 0. The fraction of sp³-hybridized carbons (Fsp3) is 0.211. The van der Waals surface area contributed by atoms with Crippen LogP contribution in [0.5, 0.6) is 0 Å². The number of halogens is 2. The van der Waals surface area contributed by atoms with Crippen LogP contribution in [-0.4, -0.2) is 36.0 Å². The van der Waals surface area contributed by atoms with Crippen molar-refractivity contribution in [3.05, 3.63) is 59.2 Å². The molecule has 0 spiro atoms. The Balaban J connectivity index is 0.00000225. The molecule has 4 nitrogen and oxygen atoms in total. The number of carbonyl (C=O) groups is 1. The van der Waals surface area contributed by atoms with Crippen LogP contribution in [0.15, 0.2) is 48.5 Å². The molecule has 0 aliphatic heterocycles. The molecule has 2 aromatic carbocycles. The fourth-order valence-corrected chi connectivity index (χ4v) is 3.19. The predicted octanol–water partition coefficient (Wildman–Crippen LogP) is 4.04. The summed E-state index contributed by atoms with van der Waals surface area (Å²) in [4.78, 5) is 14.5. The number of rotatable bonds is 4. The van der Waals surface area contributed by atoms with Gasteiger partial charge in [0.15, 0.2) is 0 Å². The van der Waals surface area contributed by atoms with E-state index in [-0.39, 0.29) is 18.3 Å². The van der Waals surface area contributed by atoms with E-state index < -0.39 is 0 Å². The first-order chi connectivity index (χ1) is 11.5. The molecule has 25 heavy (non-hydrogen) atoms. The largest absolute Gasteiger partial charge is 0.343 e. The van der Waals surface area contributed by atoms with E-state index in [1.54, 1.807) is 19.0 Å². The number of hydrogen-bond donors (Lipinski definition) is 1. The molecule has 0 atom stereocenters. The molecule has 0 unspecified atom stereocenters. The summed E-state index contributed by atoms with van der Waals surface area (Å²) in [5.74, 6) is -0.0466. The highest BCUT2D eigenvalue weighted by Crippen LogP contribution is 2.36. The number of fused-ring (bicyclic) bond motifs is 1. The van der Waals surface area contributed by atoms with Crippen LogP contribution in [0.1, 0.15) is 10.5 Å². The van der Waals surface area contributed by atoms with E-state index in [0.717, 1.165) is 22.0 Å². The number of aromatic nitrogens is 1. The number of nitrogens with two attached hydrogens (primary N) is 1. The summed E-state index contributed by atoms with van der Waals surface area (Å²) < 4.78 is 2.00. The zero-order chi connectivity index (χ0) is 17.3. The second-order valence-corrected chi connectivity index (χ2v) is 6.33. The Labute approximate surface area is 158 Å². The molecular formula is C19H21Cl2N3O. The third kappa shape index (κ3) is 3.52. The van der Waals surface area contributed by atoms with Crippen LogP contribution in [0.2, 0.25) is 5.02 Å². The highest BCUT2D eigenvalue weighted by Gasteiger charge is 2.24. The van der Waals surface area contributed by atoms with E-state index in [2.05, 4.69) is 0 Å². The predicted molar refractivity (Wildman–Crippen MR) is 107 cm³/mol. The highest BCUT2D eigenvalue weighted by molar-refractivity contribution is 6.31. The smallest absolute Gasteiger partial charge is 0.270 e. The van der Waals surface area contributed by atoms with Gasteiger partial charge in [0, 0.05) is 48.7 Å². The van der Waals surface area contributed by atoms with Gasteiger partial charge in [-0.3, -0.25) is 4.79 Å². The van der Waals surface area contributed by atoms with Crippen LogP contribution in [0.25, 0.3) is 22.0 Å². The van der Waals surface area contributed by atoms with Crippen molar-refractivity contribution < 1.29 is 4.79 Å². The molecule has 3 aromatic rings. The van der Waals surface area contributed by atoms with Gasteiger partial charge in [-0.15, -0.1) is 12.4 Å². The lowest BCUT2D eigenvalue weighted by Gasteiger charge is -2.15. The lowest BCUT2D eigenvalue weighted by molar-refractivity contribution is 0.0818. The zero-order valence-corrected chi connectivity index (χ0v) is 15.8. The second-order valence-electron chi connectivity index (χ2n) is 5.89. The number of amides is 1. The van der Waals surface area contributed by atoms with E-state index in [1.807, 2.05) is 53.1 Å². The molecule has 1 aromatic heterocycles. The zero-order valence-electron chi connectivity index (χ0n) is 14.2. The monoisotopic (exact) mass is 377 g/mol. The van der Waals surface area contributed by atoms with Crippen LogP contribution in [0.4, 0.5) is 0 Å². The molecule has 6 heteroatoms. The van der Waals surface area contributed by atoms with Gasteiger partial charge >= 0.3 is 0 Å². The highest BCUT2D eigenvalue weighted by atomic mass is 35.5. The maximum atomic E-state index is 12.9. The first kappa shape index (κ1) is 19.3. The molecular weight excluding hydrogens is 357 g/mol. The molecule has 0 saturated carbocycles. The van der Waals surface area contributed by atoms with Crippen molar-refractivity contribution in [1.82, 2.24) is 9.47 Å². The summed E-state index contributed by atoms with van der Waals surface area (Å²) in [7, 11) is 3.52. The Morgan fingerprint density at radius 2 is 1.84 bits per heavy atom. The average Bonchev–Trinajstić information content (AvgIpc) is 2.88. The van der Waals surface area contributed by atoms with Crippen LogP contribution < -0.4 is 5.73 Å². The molecule has 3 rings (SSSR count). The maximum Gasteiger partial charge on any atom is 0.270 e. The van der Waals surface area contributed by atoms with E-state index in [0.29, 0.717) is 23.8 Å². The molecule has 0 saturated heterocycles. The van der Waals surface area contributed by atoms with Gasteiger partial charge in [-0.2, -0.15) is 0 Å². The van der Waals surface area contributed by atoms with E-state index in [4.69, 9.17) is 17.3 Å². The fourth-order valence-electron chi connectivity index (χ4n) is 3.02. The maximum absolute atomic E-state index is 12.9. The number of hydrogen-bond acceptors (Lipinski definition) is 2. The third-order valence-corrected chi connectivity index (χ3v) is 4.28. The summed E-state index contributed by atoms with van der Waals surface area (Å²) in [6.07, 6.45) is 0. The minimum Gasteiger partial charge on any atom is -0.343 e. The van der Waals surface area contributed by atoms with Gasteiger partial charge < -0.3 is 15.2 Å². The molecule has 2 N–H and O–H groups in total. The Kier molecular flexibility index (Phi) is 6.11. The molecule has 1 heterocycles. The third-order valence-electron chi connectivity index (χ3n) is 4.05. The average molecular weight is 378 g/mol. The van der Waals surface area contributed by atoms with Crippen molar-refractivity contribution in [2.75, 3.05) is 20.6 Å². The standard InChI is InChI=1S/C19H20ClN3O.ClH/c1-22(2)19(24)18-17(13-6-4-3-5-7-13)15-12-14(20)8-9-16(15)23(18)11-10-21;/h3-9,12H,10-11,21H2,1-2H3;1H. The molecule has 0 aliphatic carbocycles. The van der Waals surface area contributed by atoms with Crippen molar-refractivity contribution in [2.45, 2.75) is 6.54 Å². The molecule has 0 radical (unpaired) electrons. The van der Waals surface area contributed by atoms with Gasteiger partial charge in [0.1, 0.15) is 5.69 Å². The molecule has 0 aliphatic rings. The minimum atomic E-state index is -0.0466. The molecule has 1 amide bonds. The summed E-state index contributed by atoms with van der Waals surface area (Å²) in [5.41, 5.74) is 9.31. The molecule has 0 fully saturated rings. The van der Waals surface area contributed by atoms with Crippen molar-refractivity contribution in [2.24, 2.45) is 5.73 Å². The van der Waals surface area contributed by atoms with Crippen molar-refractivity contribution in [3.63, 3.8) is 0 Å². The lowest BCUT2D eigenvalue weighted by atomic mass is 10.0. The first-order valence-electron chi connectivity index (χ1n) is 7.83. The number of nitrogens with zero attached hydrogens (tertiary/aromatic N) is 2. The van der Waals surface area contributed by atoms with Gasteiger partial charge in [0.2, 0.25) is 0 Å². The van der Waals surface area contributed by atoms with E-state index in [1.165, 1.54) is 0 Å². The lowest BCUT2D eigenvalue weighted by Crippen LogP contribution is -2.26. The topological polar surface area (TPSA) is 51.3 Å². The quantitative estimate of drug-likeness (QED) is 0.745. The number of carbonyl (C=O) groups excluding carboxylic acids is 1. The van der Waals surface area contributed by atoms with Gasteiger partial charge in [-0.1, -0.05) is 41.9 Å². The summed E-state index contributed by atoms with van der Waals surface area (Å²) in [6, 6.07) is 15.6. The second kappa shape index (κ2) is 7.91. The normalized spacial score (nSPS) is 10.6. The van der Waals surface area contributed by atoms with Crippen LogP contribution in [-0.2, 0) is 6.54 Å². The summed E-state index contributed by atoms with van der Waals surface area (Å²) in [5, 5.41) is 1.61. The number of benzene rings is 2. The van der Waals surface area contributed by atoms with E-state index >= 15 is 0 Å². The van der Waals surface area contributed by atoms with Gasteiger partial charge in [-0.05, 0) is 23.8 Å². The van der Waals surface area contributed by atoms with E-state index in [9.17, 15) is 4.79 Å². The van der Waals surface area contributed by atoms with Crippen molar-refractivity contribution >= 4 is 40.8 Å². The first-order valence-corrected chi connectivity index (χ1v) is 8.21. The van der Waals surface area contributed by atoms with Crippen LogP contribution in [0.3, 0.4) is 0 Å². The van der Waals surface area contributed by atoms with Crippen molar-refractivity contribution in [3.8, 4) is 11.1 Å². The van der Waals surface area contributed by atoms with Crippen LogP contribution >= 0.6 is 24.0 Å². The van der Waals surface area contributed by atoms with Crippen LogP contribution in [0, 0.1) is 0 Å². The van der Waals surface area contributed by atoms with Gasteiger partial charge in [0.25, 0.3) is 5.91 Å². The summed E-state index contributed by atoms with van der Waals surface area (Å²) in [6.45, 7) is 1.02. The molecule has 0 bridgehead atoms. The Morgan fingerprint density at radius 3 is 2.44 bits per heavy atom. The Bertz CT molecular complexity index is 889. The molecule has 132 valence electrons.